The van der Waals surface area contributed by atoms with Crippen LogP contribution in [0.3, 0.4) is 0 Å². The summed E-state index contributed by atoms with van der Waals surface area (Å²) in [6, 6.07) is 11.2. The molecule has 0 spiro atoms. The summed E-state index contributed by atoms with van der Waals surface area (Å²) in [5.41, 5.74) is 1.96. The molecule has 1 aliphatic rings. The summed E-state index contributed by atoms with van der Waals surface area (Å²) in [5.74, 6) is -2.33. The number of carbonyl (C=O) groups is 4. The van der Waals surface area contributed by atoms with Crippen molar-refractivity contribution in [1.29, 1.82) is 0 Å². The minimum Gasteiger partial charge on any atom is -0.506 e. The molecule has 45 heavy (non-hydrogen) atoms. The second kappa shape index (κ2) is 16.7. The largest absolute Gasteiger partial charge is 0.506 e. The molecule has 3 N–H and O–H groups in total. The highest BCUT2D eigenvalue weighted by Gasteiger charge is 2.33. The maximum atomic E-state index is 14.1. The zero-order valence-corrected chi connectivity index (χ0v) is 27.1. The van der Waals surface area contributed by atoms with Crippen LogP contribution in [0.5, 0.6) is 5.75 Å². The van der Waals surface area contributed by atoms with Gasteiger partial charge in [0, 0.05) is 25.5 Å². The molecule has 0 bridgehead atoms. The van der Waals surface area contributed by atoms with E-state index in [-0.39, 0.29) is 41.0 Å². The van der Waals surface area contributed by atoms with Crippen molar-refractivity contribution < 1.29 is 33.8 Å². The minimum absolute atomic E-state index is 0.0218. The summed E-state index contributed by atoms with van der Waals surface area (Å²) in [4.78, 5) is 55.2. The van der Waals surface area contributed by atoms with E-state index in [2.05, 4.69) is 16.7 Å². The number of hydrogen-bond donors (Lipinski definition) is 3. The van der Waals surface area contributed by atoms with Crippen molar-refractivity contribution in [3.8, 4) is 5.75 Å². The molecule has 3 amide bonds. The fourth-order valence-electron chi connectivity index (χ4n) is 4.95. The van der Waals surface area contributed by atoms with Crippen LogP contribution in [-0.4, -0.2) is 66.0 Å². The third-order valence-electron chi connectivity index (χ3n) is 7.58. The van der Waals surface area contributed by atoms with Gasteiger partial charge in [-0.2, -0.15) is 0 Å². The molecule has 10 nitrogen and oxygen atoms in total. The zero-order chi connectivity index (χ0) is 33.1. The van der Waals surface area contributed by atoms with Crippen LogP contribution in [0.15, 0.2) is 65.9 Å². The van der Waals surface area contributed by atoms with Crippen molar-refractivity contribution in [3.63, 3.8) is 0 Å². The Kier molecular flexibility index (Phi) is 13.0. The third kappa shape index (κ3) is 10.1. The number of phenolic OH excluding ortho intramolecular Hbond substituents is 1. The van der Waals surface area contributed by atoms with Crippen LogP contribution >= 0.6 is 11.6 Å². The average Bonchev–Trinajstić information content (AvgIpc) is 3.01. The van der Waals surface area contributed by atoms with Crippen LogP contribution < -0.4 is 10.6 Å². The smallest absolute Gasteiger partial charge is 0.359 e. The number of phenols is 1. The first-order valence-electron chi connectivity index (χ1n) is 15.0. The molecular formula is C34H42ClN3O7. The van der Waals surface area contributed by atoms with Crippen LogP contribution in [0.2, 0.25) is 5.02 Å². The van der Waals surface area contributed by atoms with E-state index in [0.717, 1.165) is 5.57 Å². The lowest BCUT2D eigenvalue weighted by atomic mass is 10.0. The summed E-state index contributed by atoms with van der Waals surface area (Å²) < 4.78 is 11.4. The lowest BCUT2D eigenvalue weighted by Crippen LogP contribution is -2.54. The van der Waals surface area contributed by atoms with Gasteiger partial charge in [-0.25, -0.2) is 4.79 Å². The minimum atomic E-state index is -1.17. The number of amides is 3. The van der Waals surface area contributed by atoms with Crippen molar-refractivity contribution in [2.45, 2.75) is 77.5 Å². The van der Waals surface area contributed by atoms with Gasteiger partial charge in [0.25, 0.3) is 0 Å². The van der Waals surface area contributed by atoms with Crippen molar-refractivity contribution in [3.05, 3.63) is 82.0 Å². The van der Waals surface area contributed by atoms with Crippen LogP contribution in [-0.2, 0) is 35.1 Å². The van der Waals surface area contributed by atoms with Gasteiger partial charge in [-0.3, -0.25) is 14.4 Å². The van der Waals surface area contributed by atoms with E-state index < -0.39 is 36.0 Å². The second-order valence-corrected chi connectivity index (χ2v) is 11.6. The lowest BCUT2D eigenvalue weighted by molar-refractivity contribution is -0.146. The van der Waals surface area contributed by atoms with Crippen molar-refractivity contribution in [2.75, 3.05) is 14.2 Å². The van der Waals surface area contributed by atoms with Gasteiger partial charge in [-0.1, -0.05) is 59.6 Å². The zero-order valence-electron chi connectivity index (χ0n) is 26.4. The molecule has 3 rings (SSSR count). The molecule has 0 saturated carbocycles. The van der Waals surface area contributed by atoms with Gasteiger partial charge in [0.2, 0.25) is 17.7 Å². The molecule has 3 atom stereocenters. The fourth-order valence-corrected chi connectivity index (χ4v) is 5.15. The highest BCUT2D eigenvalue weighted by Crippen LogP contribution is 2.26. The monoisotopic (exact) mass is 639 g/mol. The number of methoxy groups -OCH3 is 1. The predicted molar refractivity (Wildman–Crippen MR) is 172 cm³/mol. The van der Waals surface area contributed by atoms with Gasteiger partial charge >= 0.3 is 5.97 Å². The molecule has 0 fully saturated rings. The number of nitrogens with zero attached hydrogens (tertiary/aromatic N) is 1. The molecule has 2 aromatic rings. The normalized spacial score (nSPS) is 23.7. The van der Waals surface area contributed by atoms with Gasteiger partial charge < -0.3 is 30.1 Å². The Morgan fingerprint density at radius 1 is 1.09 bits per heavy atom. The van der Waals surface area contributed by atoms with Gasteiger partial charge in [-0.05, 0) is 64.2 Å². The van der Waals surface area contributed by atoms with Crippen LogP contribution in [0.1, 0.15) is 64.0 Å². The van der Waals surface area contributed by atoms with E-state index in [4.69, 9.17) is 21.1 Å². The molecule has 2 aromatic carbocycles. The Morgan fingerprint density at radius 3 is 2.47 bits per heavy atom. The Balaban J connectivity index is 2.09. The van der Waals surface area contributed by atoms with Crippen LogP contribution in [0.25, 0.3) is 5.76 Å². The molecular weight excluding hydrogens is 598 g/mol. The van der Waals surface area contributed by atoms with E-state index in [0.29, 0.717) is 36.8 Å². The van der Waals surface area contributed by atoms with Gasteiger partial charge in [0.05, 0.1) is 18.2 Å². The highest BCUT2D eigenvalue weighted by molar-refractivity contribution is 6.32. The van der Waals surface area contributed by atoms with Gasteiger partial charge in [-0.15, -0.1) is 0 Å². The highest BCUT2D eigenvalue weighted by atomic mass is 35.5. The van der Waals surface area contributed by atoms with E-state index in [1.54, 1.807) is 44.2 Å². The maximum absolute atomic E-state index is 14.1. The van der Waals surface area contributed by atoms with Crippen molar-refractivity contribution in [1.82, 2.24) is 15.5 Å². The number of hydrogen-bond acceptors (Lipinski definition) is 7. The number of halogens is 1. The van der Waals surface area contributed by atoms with Crippen LogP contribution in [0.4, 0.5) is 0 Å². The van der Waals surface area contributed by atoms with E-state index >= 15 is 0 Å². The standard InChI is InChI=1S/C34H42ClN3O7/c1-21-11-9-10-14-29(40)36-23(3)33(42)38(4)27(20-24-17-18-28(39)26(35)19-24)32(41)37-30(34(43)45-22(2)16-15-21)31(44-5)25-12-7-6-8-13-25/h6-8,11-13,17-19,22-23,27,39H,9-10,14-16,20H2,1-5H3,(H,36,40)(H,37,41)/b21-11-,31-30+/t22-,23-,27+/m0/s1. The third-order valence-corrected chi connectivity index (χ3v) is 7.88. The first-order valence-corrected chi connectivity index (χ1v) is 15.3. The van der Waals surface area contributed by atoms with E-state index in [1.807, 2.05) is 13.0 Å². The number of rotatable bonds is 4. The number of likely N-dealkylation sites (N-methyl/N-ethyl adjacent to an activating group) is 1. The van der Waals surface area contributed by atoms with Gasteiger partial charge in [0.1, 0.15) is 17.8 Å². The first kappa shape index (κ1) is 35.2. The first-order chi connectivity index (χ1) is 21.4. The molecule has 0 radical (unpaired) electrons. The Bertz CT molecular complexity index is 1440. The fraction of sp³-hybridized carbons (Fsp3) is 0.412. The SMILES string of the molecule is CO/C(=C1/NC(=O)[C@@H](Cc2ccc(O)c(Cl)c2)N(C)C(=O)[C@H](C)NC(=O)CCC/C=C(/C)CC[C@H](C)OC1=O)c1ccccc1. The maximum Gasteiger partial charge on any atom is 0.359 e. The summed E-state index contributed by atoms with van der Waals surface area (Å²) in [7, 11) is 2.84. The molecule has 0 unspecified atom stereocenters. The molecule has 1 heterocycles. The van der Waals surface area contributed by atoms with E-state index in [1.165, 1.54) is 31.2 Å². The van der Waals surface area contributed by atoms with E-state index in [9.17, 15) is 24.3 Å². The number of carbonyl (C=O) groups excluding carboxylic acids is 4. The van der Waals surface area contributed by atoms with Crippen LogP contribution in [0, 0.1) is 0 Å². The Labute approximate surface area is 269 Å². The Morgan fingerprint density at radius 2 is 1.80 bits per heavy atom. The number of allylic oxidation sites excluding steroid dienone is 2. The lowest BCUT2D eigenvalue weighted by Gasteiger charge is -2.30. The number of ether oxygens (including phenoxy) is 2. The Hall–Kier alpha value is -4.31. The number of esters is 1. The molecule has 0 aromatic heterocycles. The summed E-state index contributed by atoms with van der Waals surface area (Å²) >= 11 is 6.14. The second-order valence-electron chi connectivity index (χ2n) is 11.2. The number of aromatic hydroxyl groups is 1. The average molecular weight is 640 g/mol. The summed E-state index contributed by atoms with van der Waals surface area (Å²) in [5, 5.41) is 15.4. The number of benzene rings is 2. The molecule has 242 valence electrons. The molecule has 0 aliphatic carbocycles. The number of nitrogens with one attached hydrogen (secondary N) is 2. The topological polar surface area (TPSA) is 134 Å². The molecule has 11 heteroatoms. The van der Waals surface area contributed by atoms with Crippen molar-refractivity contribution in [2.24, 2.45) is 0 Å². The summed E-state index contributed by atoms with van der Waals surface area (Å²) in [6.07, 6.45) is 4.29. The van der Waals surface area contributed by atoms with Gasteiger partial charge in [0.15, 0.2) is 11.5 Å². The van der Waals surface area contributed by atoms with Crippen molar-refractivity contribution >= 4 is 41.1 Å². The summed E-state index contributed by atoms with van der Waals surface area (Å²) in [6.45, 7) is 5.31. The quantitative estimate of drug-likeness (QED) is 0.188. The molecule has 0 saturated heterocycles. The number of cyclic esters (lactones) is 1. The molecule has 1 aliphatic heterocycles. The predicted octanol–water partition coefficient (Wildman–Crippen LogP) is 4.89.